The minimum atomic E-state index is -5.91. The molecule has 444 valence electrons. The van der Waals surface area contributed by atoms with Crippen molar-refractivity contribution in [1.82, 2.24) is 0 Å². The first-order chi connectivity index (χ1) is 38.1. The van der Waals surface area contributed by atoms with E-state index < -0.39 is 101 Å². The normalized spacial score (nSPS) is 22.5. The van der Waals surface area contributed by atoms with E-state index in [0.717, 1.165) is 72.8 Å². The van der Waals surface area contributed by atoms with Crippen molar-refractivity contribution in [1.29, 1.82) is 0 Å². The summed E-state index contributed by atoms with van der Waals surface area (Å²) in [5.41, 5.74) is 0.607. The van der Waals surface area contributed by atoms with Gasteiger partial charge in [0.25, 0.3) is 11.2 Å². The molecule has 8 rings (SSSR count). The lowest BCUT2D eigenvalue weighted by Crippen LogP contribution is -2.56. The molecule has 8 nitrogen and oxygen atoms in total. The molecule has 2 aliphatic carbocycles. The standard InChI is InChI=1S/2C29H28F7NO3S/c2*1-19-17-26(16-15-25(19)37,41(38,39)24-13-11-23(30)12-14-24)21-7-9-22(10-8-21)27(28(31,32)33,29(34,35)36)40-18-20-5-3-2-4-6-20/h2*2-14,19,25H,15-18,37H2,1H3/t2*19-,25?,26-/m11/s1. The number of halogens is 14. The van der Waals surface area contributed by atoms with Gasteiger partial charge in [-0.15, -0.1) is 0 Å². The summed E-state index contributed by atoms with van der Waals surface area (Å²) in [5.74, 6) is -2.05. The van der Waals surface area contributed by atoms with Crippen LogP contribution in [0.4, 0.5) is 61.5 Å². The Balaban J connectivity index is 0.000000236. The molecule has 82 heavy (non-hydrogen) atoms. The van der Waals surface area contributed by atoms with Gasteiger partial charge in [0, 0.05) is 23.2 Å². The van der Waals surface area contributed by atoms with Crippen LogP contribution in [0.2, 0.25) is 0 Å². The summed E-state index contributed by atoms with van der Waals surface area (Å²) < 4.78 is 261. The van der Waals surface area contributed by atoms with E-state index in [1.165, 1.54) is 48.5 Å². The van der Waals surface area contributed by atoms with Gasteiger partial charge in [0.05, 0.1) is 23.0 Å². The van der Waals surface area contributed by atoms with E-state index in [4.69, 9.17) is 20.9 Å². The van der Waals surface area contributed by atoms with Crippen LogP contribution in [0.15, 0.2) is 168 Å². The smallest absolute Gasteiger partial charge is 0.349 e. The average Bonchev–Trinajstić information content (AvgIpc) is 3.58. The number of alkyl halides is 12. The zero-order valence-electron chi connectivity index (χ0n) is 43.7. The van der Waals surface area contributed by atoms with E-state index in [1.54, 1.807) is 26.0 Å². The Morgan fingerprint density at radius 1 is 0.439 bits per heavy atom. The van der Waals surface area contributed by atoms with Crippen molar-refractivity contribution < 1.29 is 87.8 Å². The van der Waals surface area contributed by atoms with Crippen LogP contribution in [0.5, 0.6) is 0 Å². The minimum absolute atomic E-state index is 0.00522. The first-order valence-corrected chi connectivity index (χ1v) is 28.4. The van der Waals surface area contributed by atoms with E-state index in [2.05, 4.69) is 0 Å². The van der Waals surface area contributed by atoms with Crippen molar-refractivity contribution in [2.24, 2.45) is 23.3 Å². The van der Waals surface area contributed by atoms with E-state index in [9.17, 15) is 78.3 Å². The Kier molecular flexibility index (Phi) is 18.3. The van der Waals surface area contributed by atoms with Crippen LogP contribution in [0.1, 0.15) is 85.8 Å². The van der Waals surface area contributed by atoms with Crippen molar-refractivity contribution in [3.8, 4) is 0 Å². The summed E-state index contributed by atoms with van der Waals surface area (Å²) in [7, 11) is -8.60. The second-order valence-corrected chi connectivity index (χ2v) is 25.2. The van der Waals surface area contributed by atoms with E-state index in [-0.39, 0.29) is 94.5 Å². The van der Waals surface area contributed by atoms with E-state index in [0.29, 0.717) is 24.3 Å². The molecule has 0 saturated heterocycles. The molecule has 2 unspecified atom stereocenters. The Bertz CT molecular complexity index is 3080. The molecule has 0 bridgehead atoms. The Hall–Kier alpha value is -5.92. The summed E-state index contributed by atoms with van der Waals surface area (Å²) in [6, 6.07) is 28.0. The number of hydrogen-bond donors (Lipinski definition) is 2. The fourth-order valence-electron chi connectivity index (χ4n) is 10.9. The third kappa shape index (κ3) is 11.9. The monoisotopic (exact) mass is 1210 g/mol. The van der Waals surface area contributed by atoms with Crippen molar-refractivity contribution in [3.63, 3.8) is 0 Å². The molecule has 0 aliphatic heterocycles. The van der Waals surface area contributed by atoms with Gasteiger partial charge in [-0.3, -0.25) is 0 Å². The highest BCUT2D eigenvalue weighted by Crippen LogP contribution is 2.57. The molecule has 6 aromatic rings. The predicted molar refractivity (Wildman–Crippen MR) is 275 cm³/mol. The van der Waals surface area contributed by atoms with Crippen molar-refractivity contribution in [2.45, 2.75) is 133 Å². The highest BCUT2D eigenvalue weighted by atomic mass is 32.2. The molecule has 0 amide bonds. The van der Waals surface area contributed by atoms with Gasteiger partial charge < -0.3 is 20.9 Å². The van der Waals surface area contributed by atoms with Crippen LogP contribution >= 0.6 is 0 Å². The van der Waals surface area contributed by atoms with Gasteiger partial charge >= 0.3 is 24.7 Å². The van der Waals surface area contributed by atoms with Crippen molar-refractivity contribution in [3.05, 3.63) is 203 Å². The fraction of sp³-hybridized carbons (Fsp3) is 0.379. The third-order valence-corrected chi connectivity index (χ3v) is 20.7. The quantitative estimate of drug-likeness (QED) is 0.0812. The predicted octanol–water partition coefficient (Wildman–Crippen LogP) is 14.4. The summed E-state index contributed by atoms with van der Waals surface area (Å²) in [4.78, 5) is -0.450. The first-order valence-electron chi connectivity index (χ1n) is 25.5. The van der Waals surface area contributed by atoms with Gasteiger partial charge in [-0.25, -0.2) is 25.6 Å². The molecule has 4 N–H and O–H groups in total. The van der Waals surface area contributed by atoms with Gasteiger partial charge in [-0.2, -0.15) is 52.7 Å². The largest absolute Gasteiger partial charge is 0.430 e. The maximum atomic E-state index is 14.3. The first kappa shape index (κ1) is 63.7. The van der Waals surface area contributed by atoms with Gasteiger partial charge in [-0.1, -0.05) is 123 Å². The zero-order valence-corrected chi connectivity index (χ0v) is 45.3. The lowest BCUT2D eigenvalue weighted by molar-refractivity contribution is -0.393. The summed E-state index contributed by atoms with van der Waals surface area (Å²) in [6.07, 6.45) is -23.3. The number of nitrogens with two attached hydrogens (primary N) is 2. The van der Waals surface area contributed by atoms with Crippen LogP contribution in [0.25, 0.3) is 0 Å². The van der Waals surface area contributed by atoms with Crippen molar-refractivity contribution in [2.75, 3.05) is 0 Å². The van der Waals surface area contributed by atoms with E-state index in [1.807, 2.05) is 0 Å². The number of benzene rings is 6. The average molecular weight is 1210 g/mol. The van der Waals surface area contributed by atoms with Crippen LogP contribution in [-0.2, 0) is 63.1 Å². The molecule has 6 atom stereocenters. The Morgan fingerprint density at radius 3 is 0.976 bits per heavy atom. The highest BCUT2D eigenvalue weighted by molar-refractivity contribution is 7.92. The minimum Gasteiger partial charge on any atom is -0.349 e. The highest BCUT2D eigenvalue weighted by Gasteiger charge is 2.75. The maximum absolute atomic E-state index is 14.3. The molecular formula is C58H56F14N2O6S2. The fourth-order valence-corrected chi connectivity index (χ4v) is 15.5. The van der Waals surface area contributed by atoms with Gasteiger partial charge in [0.2, 0.25) is 0 Å². The molecule has 24 heteroatoms. The number of sulfone groups is 2. The molecule has 2 aliphatic rings. The molecule has 2 fully saturated rings. The van der Waals surface area contributed by atoms with Crippen LogP contribution < -0.4 is 11.5 Å². The topological polar surface area (TPSA) is 139 Å². The zero-order chi connectivity index (χ0) is 60.5. The molecule has 2 saturated carbocycles. The number of hydrogen-bond acceptors (Lipinski definition) is 8. The van der Waals surface area contributed by atoms with Gasteiger partial charge in [0.15, 0.2) is 19.7 Å². The summed E-state index contributed by atoms with van der Waals surface area (Å²) in [6.45, 7) is 1.48. The van der Waals surface area contributed by atoms with Gasteiger partial charge in [-0.05, 0) is 121 Å². The Labute approximate surface area is 464 Å². The maximum Gasteiger partial charge on any atom is 0.430 e. The number of rotatable bonds is 14. The lowest BCUT2D eigenvalue weighted by atomic mass is 9.75. The molecule has 0 spiro atoms. The van der Waals surface area contributed by atoms with Crippen LogP contribution in [0.3, 0.4) is 0 Å². The molecule has 0 radical (unpaired) electrons. The van der Waals surface area contributed by atoms with Crippen LogP contribution in [0, 0.1) is 23.5 Å². The second-order valence-electron chi connectivity index (χ2n) is 20.7. The number of ether oxygens (including phenoxy) is 2. The van der Waals surface area contributed by atoms with Crippen molar-refractivity contribution >= 4 is 19.7 Å². The molecular weight excluding hydrogens is 1150 g/mol. The lowest BCUT2D eigenvalue weighted by Gasteiger charge is -2.43. The SMILES string of the molecule is C[C@@H]1C[C@](c2ccc(C(OCc3ccccc3)(C(F)(F)F)C(F)(F)F)cc2)(S(=O)(=O)c2ccc(F)cc2)CCC1N.C[C@@H]1C[C@](c2ccc(C(OCc3ccccc3)(C(F)(F)F)C(F)(F)F)cc2)(S(=O)(=O)c2ccc(F)cc2)CCC1N. The third-order valence-electron chi connectivity index (χ3n) is 15.6. The van der Waals surface area contributed by atoms with E-state index >= 15 is 0 Å². The Morgan fingerprint density at radius 2 is 0.720 bits per heavy atom. The molecule has 6 aromatic carbocycles. The van der Waals surface area contributed by atoms with Crippen LogP contribution in [-0.4, -0.2) is 53.6 Å². The van der Waals surface area contributed by atoms with Gasteiger partial charge in [0.1, 0.15) is 21.1 Å². The molecule has 0 heterocycles. The molecule has 0 aromatic heterocycles. The second kappa shape index (κ2) is 23.6. The summed E-state index contributed by atoms with van der Waals surface area (Å²) >= 11 is 0. The summed E-state index contributed by atoms with van der Waals surface area (Å²) in [5, 5.41) is 0.